The van der Waals surface area contributed by atoms with E-state index >= 15 is 0 Å². The molecule has 2 aliphatic rings. The topological polar surface area (TPSA) is 29.5 Å². The summed E-state index contributed by atoms with van der Waals surface area (Å²) >= 11 is 0. The zero-order valence-corrected chi connectivity index (χ0v) is 15.0. The average Bonchev–Trinajstić information content (AvgIpc) is 3.54. The number of rotatable bonds is 6. The molecule has 2 fully saturated rings. The van der Waals surface area contributed by atoms with Gasteiger partial charge in [-0.15, -0.1) is 0 Å². The Morgan fingerprint density at radius 3 is 1.96 bits per heavy atom. The molecule has 0 heterocycles. The van der Waals surface area contributed by atoms with Gasteiger partial charge in [0.05, 0.1) is 12.7 Å². The molecule has 0 bridgehead atoms. The average molecular weight is 335 g/mol. The lowest BCUT2D eigenvalue weighted by atomic mass is 10.0. The minimum atomic E-state index is -0.290. The van der Waals surface area contributed by atoms with Gasteiger partial charge in [0.15, 0.2) is 0 Å². The molecule has 2 aromatic carbocycles. The molecule has 0 N–H and O–H groups in total. The Morgan fingerprint density at radius 2 is 1.52 bits per heavy atom. The molecule has 0 spiro atoms. The summed E-state index contributed by atoms with van der Waals surface area (Å²) in [5.74, 6) is 1.23. The van der Waals surface area contributed by atoms with Gasteiger partial charge in [-0.3, -0.25) is 0 Å². The molecule has 0 unspecified atom stereocenters. The fourth-order valence-corrected chi connectivity index (χ4v) is 3.53. The van der Waals surface area contributed by atoms with E-state index in [0.29, 0.717) is 5.56 Å². The number of carbonyl (C=O) groups excluding carboxylic acids is 1. The molecule has 130 valence electrons. The van der Waals surface area contributed by atoms with Crippen LogP contribution in [0.2, 0.25) is 0 Å². The van der Waals surface area contributed by atoms with Crippen LogP contribution in [0.5, 0.6) is 0 Å². The number of benzene rings is 2. The van der Waals surface area contributed by atoms with Crippen molar-refractivity contribution in [1.82, 2.24) is 0 Å². The van der Waals surface area contributed by atoms with E-state index in [1.165, 1.54) is 49.6 Å². The highest BCUT2D eigenvalue weighted by atomic mass is 16.5. The van der Waals surface area contributed by atoms with Crippen molar-refractivity contribution in [2.45, 2.75) is 44.4 Å². The van der Waals surface area contributed by atoms with Crippen molar-refractivity contribution >= 4 is 17.3 Å². The Kier molecular flexibility index (Phi) is 4.24. The molecule has 0 aromatic heterocycles. The summed E-state index contributed by atoms with van der Waals surface area (Å²) in [6.07, 6.45) is 5.31. The Labute approximate surface area is 149 Å². The summed E-state index contributed by atoms with van der Waals surface area (Å²) in [7, 11) is 1.41. The minimum Gasteiger partial charge on any atom is -0.465 e. The number of methoxy groups -OCH3 is 1. The molecule has 2 aliphatic carbocycles. The lowest BCUT2D eigenvalue weighted by Gasteiger charge is -2.25. The second kappa shape index (κ2) is 6.55. The molecule has 3 nitrogen and oxygen atoms in total. The third-order valence-electron chi connectivity index (χ3n) is 5.29. The van der Waals surface area contributed by atoms with Gasteiger partial charge in [-0.25, -0.2) is 4.79 Å². The quantitative estimate of drug-likeness (QED) is 0.663. The summed E-state index contributed by atoms with van der Waals surface area (Å²) in [5, 5.41) is 0. The fourth-order valence-electron chi connectivity index (χ4n) is 3.53. The lowest BCUT2D eigenvalue weighted by molar-refractivity contribution is 0.0601. The maximum atomic E-state index is 11.7. The third kappa shape index (κ3) is 3.41. The molecule has 2 saturated carbocycles. The summed E-state index contributed by atoms with van der Waals surface area (Å²) in [5.41, 5.74) is 5.99. The summed E-state index contributed by atoms with van der Waals surface area (Å²) < 4.78 is 4.79. The van der Waals surface area contributed by atoms with Gasteiger partial charge in [0, 0.05) is 17.9 Å². The van der Waals surface area contributed by atoms with Crippen molar-refractivity contribution in [3.63, 3.8) is 0 Å². The highest BCUT2D eigenvalue weighted by molar-refractivity contribution is 5.89. The molecule has 2 aromatic rings. The van der Waals surface area contributed by atoms with Gasteiger partial charge < -0.3 is 9.64 Å². The molecule has 25 heavy (non-hydrogen) atoms. The second-order valence-electron chi connectivity index (χ2n) is 7.19. The highest BCUT2D eigenvalue weighted by Gasteiger charge is 2.29. The SMILES string of the molecule is CCN(c1ccc(C(=O)OC)cc1)c1cc(C2CC2)cc(C2CC2)c1. The normalized spacial score (nSPS) is 16.6. The predicted molar refractivity (Wildman–Crippen MR) is 101 cm³/mol. The van der Waals surface area contributed by atoms with Crippen LogP contribution in [0, 0.1) is 0 Å². The maximum absolute atomic E-state index is 11.7. The van der Waals surface area contributed by atoms with Crippen molar-refractivity contribution in [2.24, 2.45) is 0 Å². The number of carbonyl (C=O) groups is 1. The zero-order chi connectivity index (χ0) is 17.4. The summed E-state index contributed by atoms with van der Waals surface area (Å²) in [6.45, 7) is 3.07. The Balaban J connectivity index is 1.67. The first-order chi connectivity index (χ1) is 12.2. The van der Waals surface area contributed by atoms with Gasteiger partial charge in [-0.1, -0.05) is 6.07 Å². The van der Waals surface area contributed by atoms with Crippen LogP contribution in [-0.2, 0) is 4.74 Å². The van der Waals surface area contributed by atoms with Crippen molar-refractivity contribution in [3.8, 4) is 0 Å². The van der Waals surface area contributed by atoms with E-state index in [1.807, 2.05) is 24.3 Å². The van der Waals surface area contributed by atoms with E-state index in [2.05, 4.69) is 30.0 Å². The number of hydrogen-bond donors (Lipinski definition) is 0. The van der Waals surface area contributed by atoms with E-state index in [-0.39, 0.29) is 5.97 Å². The predicted octanol–water partition coefficient (Wildman–Crippen LogP) is 5.39. The molecular formula is C22H25NO2. The molecule has 0 atom stereocenters. The highest BCUT2D eigenvalue weighted by Crippen LogP contribution is 2.47. The van der Waals surface area contributed by atoms with Crippen LogP contribution in [0.1, 0.15) is 65.9 Å². The van der Waals surface area contributed by atoms with Gasteiger partial charge in [-0.05, 0) is 92.0 Å². The molecule has 0 amide bonds. The fraction of sp³-hybridized carbons (Fsp3) is 0.409. The van der Waals surface area contributed by atoms with Crippen LogP contribution in [0.3, 0.4) is 0 Å². The molecule has 0 saturated heterocycles. The Hall–Kier alpha value is -2.29. The van der Waals surface area contributed by atoms with Gasteiger partial charge in [0.25, 0.3) is 0 Å². The van der Waals surface area contributed by atoms with Gasteiger partial charge >= 0.3 is 5.97 Å². The second-order valence-corrected chi connectivity index (χ2v) is 7.19. The van der Waals surface area contributed by atoms with Crippen LogP contribution < -0.4 is 4.90 Å². The van der Waals surface area contributed by atoms with Crippen molar-refractivity contribution in [3.05, 3.63) is 59.2 Å². The Bertz CT molecular complexity index is 743. The van der Waals surface area contributed by atoms with E-state index in [1.54, 1.807) is 0 Å². The number of esters is 1. The first kappa shape index (κ1) is 16.2. The van der Waals surface area contributed by atoms with Crippen LogP contribution >= 0.6 is 0 Å². The minimum absolute atomic E-state index is 0.290. The van der Waals surface area contributed by atoms with Gasteiger partial charge in [0.1, 0.15) is 0 Å². The number of hydrogen-bond acceptors (Lipinski definition) is 3. The smallest absolute Gasteiger partial charge is 0.337 e. The number of anilines is 2. The molecule has 0 aliphatic heterocycles. The lowest BCUT2D eigenvalue weighted by Crippen LogP contribution is -2.16. The molecule has 0 radical (unpaired) electrons. The maximum Gasteiger partial charge on any atom is 0.337 e. The van der Waals surface area contributed by atoms with Crippen LogP contribution in [-0.4, -0.2) is 19.6 Å². The number of nitrogens with zero attached hydrogens (tertiary/aromatic N) is 1. The first-order valence-corrected chi connectivity index (χ1v) is 9.30. The van der Waals surface area contributed by atoms with E-state index in [4.69, 9.17) is 4.74 Å². The van der Waals surface area contributed by atoms with Crippen LogP contribution in [0.15, 0.2) is 42.5 Å². The van der Waals surface area contributed by atoms with Gasteiger partial charge in [0.2, 0.25) is 0 Å². The van der Waals surface area contributed by atoms with E-state index in [9.17, 15) is 4.79 Å². The van der Waals surface area contributed by atoms with Crippen molar-refractivity contribution < 1.29 is 9.53 Å². The molecular weight excluding hydrogens is 310 g/mol. The van der Waals surface area contributed by atoms with Gasteiger partial charge in [-0.2, -0.15) is 0 Å². The van der Waals surface area contributed by atoms with Crippen LogP contribution in [0.4, 0.5) is 11.4 Å². The van der Waals surface area contributed by atoms with E-state index in [0.717, 1.165) is 24.1 Å². The van der Waals surface area contributed by atoms with Crippen molar-refractivity contribution in [2.75, 3.05) is 18.6 Å². The number of ether oxygens (including phenoxy) is 1. The summed E-state index contributed by atoms with van der Waals surface area (Å²) in [6, 6.07) is 14.9. The molecule has 3 heteroatoms. The summed E-state index contributed by atoms with van der Waals surface area (Å²) in [4.78, 5) is 14.0. The Morgan fingerprint density at radius 1 is 0.960 bits per heavy atom. The molecule has 4 rings (SSSR count). The third-order valence-corrected chi connectivity index (χ3v) is 5.29. The van der Waals surface area contributed by atoms with E-state index < -0.39 is 0 Å². The largest absolute Gasteiger partial charge is 0.465 e. The standard InChI is InChI=1S/C22H25NO2/c1-3-23(20-10-8-17(9-11-20)22(24)25-2)21-13-18(15-4-5-15)12-19(14-21)16-6-7-16/h8-16H,3-7H2,1-2H3. The monoisotopic (exact) mass is 335 g/mol. The van der Waals surface area contributed by atoms with Crippen LogP contribution in [0.25, 0.3) is 0 Å². The van der Waals surface area contributed by atoms with Crippen molar-refractivity contribution in [1.29, 1.82) is 0 Å². The first-order valence-electron chi connectivity index (χ1n) is 9.30. The zero-order valence-electron chi connectivity index (χ0n) is 15.0.